The highest BCUT2D eigenvalue weighted by atomic mass is 16.5. The second-order valence-corrected chi connectivity index (χ2v) is 12.0. The van der Waals surface area contributed by atoms with Crippen molar-refractivity contribution in [3.63, 3.8) is 0 Å². The van der Waals surface area contributed by atoms with Crippen molar-refractivity contribution in [2.45, 2.75) is 38.5 Å². The topological polar surface area (TPSA) is 61.6 Å². The van der Waals surface area contributed by atoms with E-state index in [0.717, 1.165) is 83.4 Å². The van der Waals surface area contributed by atoms with Gasteiger partial charge >= 0.3 is 0 Å². The summed E-state index contributed by atoms with van der Waals surface area (Å²) in [4.78, 5) is 0. The fourth-order valence-corrected chi connectivity index (χ4v) is 6.18. The van der Waals surface area contributed by atoms with Crippen LogP contribution in [-0.2, 0) is 0 Å². The van der Waals surface area contributed by atoms with E-state index in [-0.39, 0.29) is 0 Å². The van der Waals surface area contributed by atoms with Gasteiger partial charge in [-0.25, -0.2) is 0 Å². The second-order valence-electron chi connectivity index (χ2n) is 12.0. The Morgan fingerprint density at radius 1 is 0.333 bits per heavy atom. The van der Waals surface area contributed by atoms with Crippen molar-refractivity contribution in [2.24, 2.45) is 10.2 Å². The molecule has 0 N–H and O–H groups in total. The number of nitrogens with zero attached hydrogens (tertiary/aromatic N) is 2. The molecule has 48 heavy (non-hydrogen) atoms. The summed E-state index contributed by atoms with van der Waals surface area (Å²) >= 11 is 0. The van der Waals surface area contributed by atoms with E-state index in [1.54, 1.807) is 0 Å². The standard InChI is InChI=1S/C42H40N2O4/c1-11-27-45-37-21-9-7-19-35(37)43-44-36-20-8-10-22-38(36)46-28-12-2-14-30-48-40-26-24-32-16-4-6-18-34(32)42(40)41-33-17-5-3-15-31(33)23-25-39(41)47-29-13-1/h3-10,15-26H,1-2,11-14,27-30H2. The predicted octanol–water partition coefficient (Wildman–Crippen LogP) is 11.6. The molecule has 0 spiro atoms. The molecule has 0 radical (unpaired) electrons. The summed E-state index contributed by atoms with van der Waals surface area (Å²) < 4.78 is 25.5. The maximum Gasteiger partial charge on any atom is 0.146 e. The third kappa shape index (κ3) is 7.28. The van der Waals surface area contributed by atoms with Crippen LogP contribution >= 0.6 is 0 Å². The van der Waals surface area contributed by atoms with Gasteiger partial charge in [-0.3, -0.25) is 0 Å². The summed E-state index contributed by atoms with van der Waals surface area (Å²) in [6, 6.07) is 41.1. The molecule has 0 saturated carbocycles. The van der Waals surface area contributed by atoms with Crippen LogP contribution in [0.25, 0.3) is 32.7 Å². The Labute approximate surface area is 282 Å². The molecule has 0 fully saturated rings. The minimum atomic E-state index is 0.587. The van der Waals surface area contributed by atoms with Crippen LogP contribution in [0.5, 0.6) is 23.0 Å². The molecule has 242 valence electrons. The zero-order valence-electron chi connectivity index (χ0n) is 27.1. The third-order valence-electron chi connectivity index (χ3n) is 8.64. The summed E-state index contributed by atoms with van der Waals surface area (Å²) in [5.41, 5.74) is 3.55. The fraction of sp³-hybridized carbons (Fsp3) is 0.238. The highest BCUT2D eigenvalue weighted by Gasteiger charge is 2.19. The van der Waals surface area contributed by atoms with Crippen LogP contribution < -0.4 is 18.9 Å². The summed E-state index contributed by atoms with van der Waals surface area (Å²) in [5.74, 6) is 3.19. The fourth-order valence-electron chi connectivity index (χ4n) is 6.18. The predicted molar refractivity (Wildman–Crippen MR) is 194 cm³/mol. The van der Waals surface area contributed by atoms with Crippen molar-refractivity contribution in [1.82, 2.24) is 0 Å². The van der Waals surface area contributed by atoms with Gasteiger partial charge in [-0.15, -0.1) is 10.2 Å². The first-order valence-corrected chi connectivity index (χ1v) is 17.0. The first-order valence-electron chi connectivity index (χ1n) is 17.0. The van der Waals surface area contributed by atoms with Crippen molar-refractivity contribution >= 4 is 32.9 Å². The third-order valence-corrected chi connectivity index (χ3v) is 8.64. The Kier molecular flexibility index (Phi) is 10.1. The molecular formula is C42H40N2O4. The molecular weight excluding hydrogens is 596 g/mol. The summed E-state index contributed by atoms with van der Waals surface area (Å²) in [6.45, 7) is 2.39. The van der Waals surface area contributed by atoms with Gasteiger partial charge in [-0.05, 0) is 96.5 Å². The van der Waals surface area contributed by atoms with Crippen LogP contribution in [0.1, 0.15) is 38.5 Å². The average molecular weight is 637 g/mol. The molecule has 6 heteroatoms. The van der Waals surface area contributed by atoms with E-state index in [4.69, 9.17) is 18.9 Å². The van der Waals surface area contributed by atoms with Gasteiger partial charge < -0.3 is 18.9 Å². The lowest BCUT2D eigenvalue weighted by atomic mass is 9.92. The van der Waals surface area contributed by atoms with E-state index in [2.05, 4.69) is 83.0 Å². The second kappa shape index (κ2) is 15.5. The molecule has 0 saturated heterocycles. The quantitative estimate of drug-likeness (QED) is 0.166. The number of hydrogen-bond donors (Lipinski definition) is 0. The van der Waals surface area contributed by atoms with Crippen molar-refractivity contribution in [3.05, 3.63) is 121 Å². The van der Waals surface area contributed by atoms with E-state index in [0.29, 0.717) is 37.8 Å². The van der Waals surface area contributed by atoms with Crippen LogP contribution in [0.4, 0.5) is 11.4 Å². The van der Waals surface area contributed by atoms with Gasteiger partial charge in [0.2, 0.25) is 0 Å². The van der Waals surface area contributed by atoms with Crippen molar-refractivity contribution in [2.75, 3.05) is 26.4 Å². The maximum atomic E-state index is 6.59. The van der Waals surface area contributed by atoms with Gasteiger partial charge in [-0.1, -0.05) is 84.9 Å². The zero-order chi connectivity index (χ0) is 32.4. The molecule has 0 unspecified atom stereocenters. The molecule has 0 atom stereocenters. The Morgan fingerprint density at radius 3 is 1.17 bits per heavy atom. The number of azo groups is 1. The van der Waals surface area contributed by atoms with Gasteiger partial charge in [0.15, 0.2) is 0 Å². The van der Waals surface area contributed by atoms with E-state index in [1.807, 2.05) is 48.5 Å². The molecule has 1 heterocycles. The van der Waals surface area contributed by atoms with E-state index in [1.165, 1.54) is 10.8 Å². The molecule has 0 aliphatic carbocycles. The lowest BCUT2D eigenvalue weighted by Gasteiger charge is -2.20. The summed E-state index contributed by atoms with van der Waals surface area (Å²) in [6.07, 6.45) is 5.56. The first kappa shape index (κ1) is 31.3. The molecule has 0 aromatic heterocycles. The molecule has 0 amide bonds. The number of rotatable bonds is 0. The average Bonchev–Trinajstić information content (AvgIpc) is 3.13. The molecule has 1 aliphatic heterocycles. The maximum absolute atomic E-state index is 6.59. The molecule has 7 rings (SSSR count). The Bertz CT molecular complexity index is 1880. The van der Waals surface area contributed by atoms with Crippen LogP contribution in [0, 0.1) is 0 Å². The molecule has 0 bridgehead atoms. The zero-order valence-corrected chi connectivity index (χ0v) is 27.1. The SMILES string of the molecule is c1ccc2c(c1)N=Nc1ccccc1OCCCCCOc1ccc3ccccc3c1-c1c(ccc3ccccc13)OCCCCCO2. The summed E-state index contributed by atoms with van der Waals surface area (Å²) in [5, 5.41) is 13.7. The number of fused-ring (bicyclic) bond motifs is 9. The monoisotopic (exact) mass is 636 g/mol. The smallest absolute Gasteiger partial charge is 0.146 e. The number of para-hydroxylation sites is 2. The minimum absolute atomic E-state index is 0.587. The van der Waals surface area contributed by atoms with Gasteiger partial charge in [0.1, 0.15) is 34.4 Å². The Hall–Kier alpha value is -5.36. The van der Waals surface area contributed by atoms with Gasteiger partial charge in [0.25, 0.3) is 0 Å². The highest BCUT2D eigenvalue weighted by molar-refractivity contribution is 6.09. The van der Waals surface area contributed by atoms with Gasteiger partial charge in [0.05, 0.1) is 26.4 Å². The van der Waals surface area contributed by atoms with E-state index >= 15 is 0 Å². The van der Waals surface area contributed by atoms with Crippen LogP contribution in [0.2, 0.25) is 0 Å². The van der Waals surface area contributed by atoms with Gasteiger partial charge in [-0.2, -0.15) is 0 Å². The number of benzene rings is 6. The van der Waals surface area contributed by atoms with Crippen molar-refractivity contribution < 1.29 is 18.9 Å². The van der Waals surface area contributed by atoms with Crippen LogP contribution in [0.3, 0.4) is 0 Å². The van der Waals surface area contributed by atoms with E-state index < -0.39 is 0 Å². The highest BCUT2D eigenvalue weighted by Crippen LogP contribution is 2.45. The largest absolute Gasteiger partial charge is 0.493 e. The molecule has 6 nitrogen and oxygen atoms in total. The molecule has 1 aliphatic rings. The van der Waals surface area contributed by atoms with Crippen molar-refractivity contribution in [3.8, 4) is 34.1 Å². The summed E-state index contributed by atoms with van der Waals surface area (Å²) in [7, 11) is 0. The lowest BCUT2D eigenvalue weighted by molar-refractivity contribution is 0.278. The van der Waals surface area contributed by atoms with Crippen LogP contribution in [-0.4, -0.2) is 26.4 Å². The molecule has 6 aromatic rings. The lowest BCUT2D eigenvalue weighted by Crippen LogP contribution is -2.04. The first-order chi connectivity index (χ1) is 23.8. The number of hydrogen-bond acceptors (Lipinski definition) is 6. The number of ether oxygens (including phenoxy) is 4. The Morgan fingerprint density at radius 2 is 0.708 bits per heavy atom. The molecule has 6 aromatic carbocycles. The van der Waals surface area contributed by atoms with Gasteiger partial charge in [0, 0.05) is 11.1 Å². The van der Waals surface area contributed by atoms with Crippen LogP contribution in [0.15, 0.2) is 132 Å². The normalized spacial score (nSPS) is 14.8. The minimum Gasteiger partial charge on any atom is -0.493 e. The van der Waals surface area contributed by atoms with Crippen molar-refractivity contribution in [1.29, 1.82) is 0 Å². The Balaban J connectivity index is 1.18. The van der Waals surface area contributed by atoms with E-state index in [9.17, 15) is 0 Å².